The highest BCUT2D eigenvalue weighted by Gasteiger charge is 2.22. The lowest BCUT2D eigenvalue weighted by molar-refractivity contribution is -0.138. The lowest BCUT2D eigenvalue weighted by Gasteiger charge is -2.29. The fraction of sp³-hybridized carbons (Fsp3) is 0.333. The van der Waals surface area contributed by atoms with Crippen LogP contribution in [-0.2, 0) is 17.9 Å². The number of anilines is 1. The summed E-state index contributed by atoms with van der Waals surface area (Å²) in [6, 6.07) is 26.8. The largest absolute Gasteiger partial charge is 0.480 e. The molecule has 1 aliphatic rings. The van der Waals surface area contributed by atoms with Crippen molar-refractivity contribution in [1.82, 2.24) is 9.88 Å². The number of carboxylic acid groups (broad SMARTS) is 1. The van der Waals surface area contributed by atoms with E-state index in [4.69, 9.17) is 16.6 Å². The summed E-state index contributed by atoms with van der Waals surface area (Å²) in [6.45, 7) is 2.05. The van der Waals surface area contributed by atoms with Crippen LogP contribution in [0.3, 0.4) is 0 Å². The summed E-state index contributed by atoms with van der Waals surface area (Å²) in [4.78, 5) is 18.1. The number of halogens is 1. The fourth-order valence-corrected chi connectivity index (χ4v) is 6.58. The van der Waals surface area contributed by atoms with Gasteiger partial charge in [-0.3, -0.25) is 9.69 Å². The highest BCUT2D eigenvalue weighted by atomic mass is 35.5. The molecule has 208 valence electrons. The van der Waals surface area contributed by atoms with Gasteiger partial charge in [0, 0.05) is 34.7 Å². The molecule has 0 spiro atoms. The van der Waals surface area contributed by atoms with Crippen LogP contribution < -0.4 is 5.32 Å². The van der Waals surface area contributed by atoms with Gasteiger partial charge in [0.25, 0.3) is 0 Å². The van der Waals surface area contributed by atoms with E-state index in [0.29, 0.717) is 19.0 Å². The predicted octanol–water partition coefficient (Wildman–Crippen LogP) is 8.33. The maximum atomic E-state index is 11.4. The Hall–Kier alpha value is -3.19. The van der Waals surface area contributed by atoms with Crippen molar-refractivity contribution < 1.29 is 9.90 Å². The standard InChI is InChI=1S/C33H36ClN3O2S/c34-29-14-10-27(11-15-29)26-8-6-24(7-9-26)18-19-35-30-16-12-28(13-17-30)31-23-40-32(36-31)21-37(22-33(38)39)20-25-4-2-1-3-5-25/h1-5,10-17,23-24,26,35H,6-9,18-22H2,(H,38,39). The monoisotopic (exact) mass is 573 g/mol. The molecular weight excluding hydrogens is 538 g/mol. The highest BCUT2D eigenvalue weighted by Crippen LogP contribution is 2.37. The Labute approximate surface area is 245 Å². The Kier molecular flexibility index (Phi) is 9.87. The lowest BCUT2D eigenvalue weighted by Crippen LogP contribution is -2.28. The van der Waals surface area contributed by atoms with Crippen molar-refractivity contribution in [3.8, 4) is 11.3 Å². The number of hydrogen-bond donors (Lipinski definition) is 2. The predicted molar refractivity (Wildman–Crippen MR) is 165 cm³/mol. The summed E-state index contributed by atoms with van der Waals surface area (Å²) >= 11 is 7.62. The van der Waals surface area contributed by atoms with Crippen molar-refractivity contribution >= 4 is 34.6 Å². The third kappa shape index (κ3) is 8.17. The first-order valence-corrected chi connectivity index (χ1v) is 15.3. The van der Waals surface area contributed by atoms with Gasteiger partial charge in [0.05, 0.1) is 18.8 Å². The third-order valence-corrected chi connectivity index (χ3v) is 8.85. The van der Waals surface area contributed by atoms with Crippen LogP contribution in [-0.4, -0.2) is 34.0 Å². The van der Waals surface area contributed by atoms with Crippen molar-refractivity contribution in [3.05, 3.63) is 105 Å². The Bertz CT molecular complexity index is 1350. The summed E-state index contributed by atoms with van der Waals surface area (Å²) in [7, 11) is 0. The number of benzene rings is 3. The van der Waals surface area contributed by atoms with E-state index in [0.717, 1.165) is 45.0 Å². The molecule has 0 atom stereocenters. The molecule has 4 aromatic rings. The van der Waals surface area contributed by atoms with Crippen LogP contribution in [0.5, 0.6) is 0 Å². The van der Waals surface area contributed by atoms with Gasteiger partial charge < -0.3 is 10.4 Å². The zero-order valence-electron chi connectivity index (χ0n) is 22.6. The quantitative estimate of drug-likeness (QED) is 0.178. The molecule has 1 aliphatic carbocycles. The van der Waals surface area contributed by atoms with Crippen molar-refractivity contribution in [2.75, 3.05) is 18.4 Å². The van der Waals surface area contributed by atoms with E-state index >= 15 is 0 Å². The minimum atomic E-state index is -0.832. The topological polar surface area (TPSA) is 65.5 Å². The van der Waals surface area contributed by atoms with Gasteiger partial charge in [-0.05, 0) is 79.3 Å². The normalized spacial score (nSPS) is 17.1. The van der Waals surface area contributed by atoms with Crippen LogP contribution in [0.2, 0.25) is 5.02 Å². The molecule has 0 radical (unpaired) electrons. The molecule has 0 bridgehead atoms. The molecular formula is C33H36ClN3O2S. The molecule has 0 unspecified atom stereocenters. The van der Waals surface area contributed by atoms with E-state index in [9.17, 15) is 9.90 Å². The number of nitrogens with zero attached hydrogens (tertiary/aromatic N) is 2. The molecule has 0 saturated heterocycles. The molecule has 7 heteroatoms. The smallest absolute Gasteiger partial charge is 0.317 e. The van der Waals surface area contributed by atoms with Gasteiger partial charge in [-0.15, -0.1) is 11.3 Å². The van der Waals surface area contributed by atoms with E-state index in [1.165, 1.54) is 37.7 Å². The van der Waals surface area contributed by atoms with Gasteiger partial charge in [-0.25, -0.2) is 4.98 Å². The SMILES string of the molecule is O=C(O)CN(Cc1ccccc1)Cc1nc(-c2ccc(NCCC3CCC(c4ccc(Cl)cc4)CC3)cc2)cs1. The number of aromatic nitrogens is 1. The molecule has 1 fully saturated rings. The first-order valence-electron chi connectivity index (χ1n) is 14.0. The minimum Gasteiger partial charge on any atom is -0.480 e. The van der Waals surface area contributed by atoms with Crippen molar-refractivity contribution in [3.63, 3.8) is 0 Å². The summed E-state index contributed by atoms with van der Waals surface area (Å²) < 4.78 is 0. The highest BCUT2D eigenvalue weighted by molar-refractivity contribution is 7.09. The zero-order chi connectivity index (χ0) is 27.7. The minimum absolute atomic E-state index is 0.0199. The number of hydrogen-bond acceptors (Lipinski definition) is 5. The average Bonchev–Trinajstić information content (AvgIpc) is 3.43. The first-order chi connectivity index (χ1) is 19.5. The first kappa shape index (κ1) is 28.3. The van der Waals surface area contributed by atoms with Crippen LogP contribution >= 0.6 is 22.9 Å². The van der Waals surface area contributed by atoms with Crippen LogP contribution in [0.1, 0.15) is 54.2 Å². The van der Waals surface area contributed by atoms with Crippen molar-refractivity contribution in [2.45, 2.75) is 51.1 Å². The molecule has 3 aromatic carbocycles. The van der Waals surface area contributed by atoms with Gasteiger partial charge in [0.1, 0.15) is 5.01 Å². The molecule has 0 aliphatic heterocycles. The van der Waals surface area contributed by atoms with E-state index < -0.39 is 5.97 Å². The average molecular weight is 574 g/mol. The van der Waals surface area contributed by atoms with E-state index in [2.05, 4.69) is 47.1 Å². The van der Waals surface area contributed by atoms with E-state index in [-0.39, 0.29) is 6.54 Å². The maximum absolute atomic E-state index is 11.4. The van der Waals surface area contributed by atoms with Gasteiger partial charge >= 0.3 is 5.97 Å². The third-order valence-electron chi connectivity index (χ3n) is 7.77. The van der Waals surface area contributed by atoms with Crippen molar-refractivity contribution in [2.24, 2.45) is 5.92 Å². The number of carbonyl (C=O) groups is 1. The maximum Gasteiger partial charge on any atom is 0.317 e. The second-order valence-electron chi connectivity index (χ2n) is 10.7. The second-order valence-corrected chi connectivity index (χ2v) is 12.1. The number of nitrogens with one attached hydrogen (secondary N) is 1. The summed E-state index contributed by atoms with van der Waals surface area (Å²) in [6.07, 6.45) is 6.29. The van der Waals surface area contributed by atoms with Gasteiger partial charge in [0.2, 0.25) is 0 Å². The molecule has 2 N–H and O–H groups in total. The molecule has 5 nitrogen and oxygen atoms in total. The Morgan fingerprint density at radius 3 is 2.38 bits per heavy atom. The molecule has 1 saturated carbocycles. The molecule has 1 heterocycles. The van der Waals surface area contributed by atoms with Crippen LogP contribution in [0.25, 0.3) is 11.3 Å². The summed E-state index contributed by atoms with van der Waals surface area (Å²) in [5, 5.41) is 16.8. The van der Waals surface area contributed by atoms with E-state index in [1.54, 1.807) is 11.3 Å². The number of thiazole rings is 1. The zero-order valence-corrected chi connectivity index (χ0v) is 24.2. The number of carboxylic acids is 1. The van der Waals surface area contributed by atoms with Gasteiger partial charge in [0.15, 0.2) is 0 Å². The van der Waals surface area contributed by atoms with Crippen molar-refractivity contribution in [1.29, 1.82) is 0 Å². The van der Waals surface area contributed by atoms with Crippen LogP contribution in [0.4, 0.5) is 5.69 Å². The number of rotatable bonds is 12. The molecule has 0 amide bonds. The Morgan fingerprint density at radius 1 is 0.950 bits per heavy atom. The summed E-state index contributed by atoms with van der Waals surface area (Å²) in [5.41, 5.74) is 5.65. The van der Waals surface area contributed by atoms with Crippen LogP contribution in [0.15, 0.2) is 84.2 Å². The van der Waals surface area contributed by atoms with Crippen LogP contribution in [0, 0.1) is 5.92 Å². The Morgan fingerprint density at radius 2 is 1.68 bits per heavy atom. The molecule has 40 heavy (non-hydrogen) atoms. The molecule has 5 rings (SSSR count). The van der Waals surface area contributed by atoms with Gasteiger partial charge in [-0.1, -0.05) is 66.2 Å². The van der Waals surface area contributed by atoms with Gasteiger partial charge in [-0.2, -0.15) is 0 Å². The fourth-order valence-electron chi connectivity index (χ4n) is 5.61. The Balaban J connectivity index is 1.08. The molecule has 1 aromatic heterocycles. The van der Waals surface area contributed by atoms with E-state index in [1.807, 2.05) is 47.4 Å². The lowest BCUT2D eigenvalue weighted by atomic mass is 9.77. The second kappa shape index (κ2) is 13.9. The summed E-state index contributed by atoms with van der Waals surface area (Å²) in [5.74, 6) is 0.622. The number of aliphatic carboxylic acids is 1.